The third kappa shape index (κ3) is 4.62. The molecule has 0 aromatic heterocycles. The SMILES string of the molecule is C/C(=C\c1c(C)cc(C(C)(F)F)cc1C)Cc1c(Cl)ccc(C)c1Cl. The molecule has 0 N–H and O–H groups in total. The Morgan fingerprint density at radius 2 is 1.60 bits per heavy atom. The lowest BCUT2D eigenvalue weighted by molar-refractivity contribution is 0.0173. The van der Waals surface area contributed by atoms with E-state index in [-0.39, 0.29) is 5.56 Å². The highest BCUT2D eigenvalue weighted by molar-refractivity contribution is 6.36. The topological polar surface area (TPSA) is 0 Å². The predicted molar refractivity (Wildman–Crippen MR) is 104 cm³/mol. The maximum Gasteiger partial charge on any atom is 0.270 e. The zero-order chi connectivity index (χ0) is 18.9. The lowest BCUT2D eigenvalue weighted by Crippen LogP contribution is -2.08. The highest BCUT2D eigenvalue weighted by atomic mass is 35.5. The molecule has 0 amide bonds. The monoisotopic (exact) mass is 382 g/mol. The van der Waals surface area contributed by atoms with E-state index in [9.17, 15) is 8.78 Å². The van der Waals surface area contributed by atoms with E-state index in [0.29, 0.717) is 16.5 Å². The van der Waals surface area contributed by atoms with Crippen LogP contribution in [0, 0.1) is 20.8 Å². The van der Waals surface area contributed by atoms with Crippen molar-refractivity contribution in [2.45, 2.75) is 47.0 Å². The van der Waals surface area contributed by atoms with Crippen LogP contribution in [0.2, 0.25) is 10.0 Å². The second-order valence-electron chi connectivity index (χ2n) is 6.74. The van der Waals surface area contributed by atoms with Gasteiger partial charge in [-0.1, -0.05) is 40.9 Å². The molecule has 0 nitrogen and oxygen atoms in total. The van der Waals surface area contributed by atoms with Crippen molar-refractivity contribution in [2.24, 2.45) is 0 Å². The van der Waals surface area contributed by atoms with Crippen LogP contribution in [0.3, 0.4) is 0 Å². The van der Waals surface area contributed by atoms with Gasteiger partial charge >= 0.3 is 0 Å². The van der Waals surface area contributed by atoms with Crippen molar-refractivity contribution in [3.05, 3.63) is 73.3 Å². The fourth-order valence-corrected chi connectivity index (χ4v) is 3.41. The summed E-state index contributed by atoms with van der Waals surface area (Å²) in [5, 5.41) is 1.31. The van der Waals surface area contributed by atoms with Crippen LogP contribution in [0.5, 0.6) is 0 Å². The first-order valence-corrected chi connectivity index (χ1v) is 8.86. The summed E-state index contributed by atoms with van der Waals surface area (Å²) in [6.07, 6.45) is 2.64. The van der Waals surface area contributed by atoms with Crippen LogP contribution in [0.4, 0.5) is 8.78 Å². The second kappa shape index (κ2) is 7.47. The Kier molecular flexibility index (Phi) is 5.96. The van der Waals surface area contributed by atoms with Crippen LogP contribution in [0.1, 0.15) is 47.2 Å². The predicted octanol–water partition coefficient (Wildman–Crippen LogP) is 7.68. The summed E-state index contributed by atoms with van der Waals surface area (Å²) in [6, 6.07) is 6.85. The molecule has 0 fully saturated rings. The molecule has 134 valence electrons. The molecule has 0 saturated carbocycles. The van der Waals surface area contributed by atoms with Gasteiger partial charge in [0.25, 0.3) is 5.92 Å². The van der Waals surface area contributed by atoms with Gasteiger partial charge in [0.1, 0.15) is 0 Å². The maximum atomic E-state index is 13.6. The summed E-state index contributed by atoms with van der Waals surface area (Å²) < 4.78 is 27.2. The van der Waals surface area contributed by atoms with Gasteiger partial charge in [0.15, 0.2) is 0 Å². The van der Waals surface area contributed by atoms with Crippen LogP contribution >= 0.6 is 23.2 Å². The first-order chi connectivity index (χ1) is 11.5. The number of hydrogen-bond donors (Lipinski definition) is 0. The van der Waals surface area contributed by atoms with Crippen LogP contribution in [-0.4, -0.2) is 0 Å². The molecule has 0 unspecified atom stereocenters. The second-order valence-corrected chi connectivity index (χ2v) is 7.52. The van der Waals surface area contributed by atoms with E-state index in [4.69, 9.17) is 23.2 Å². The highest BCUT2D eigenvalue weighted by Gasteiger charge is 2.25. The van der Waals surface area contributed by atoms with Gasteiger partial charge in [-0.15, -0.1) is 0 Å². The molecular formula is C21H22Cl2F2. The first kappa shape index (κ1) is 19.9. The first-order valence-electron chi connectivity index (χ1n) is 8.11. The Balaban J connectivity index is 2.40. The molecule has 4 heteroatoms. The number of halogens is 4. The van der Waals surface area contributed by atoms with Gasteiger partial charge < -0.3 is 0 Å². The summed E-state index contributed by atoms with van der Waals surface area (Å²) >= 11 is 12.7. The summed E-state index contributed by atoms with van der Waals surface area (Å²) in [6.45, 7) is 8.57. The van der Waals surface area contributed by atoms with Gasteiger partial charge in [0, 0.05) is 22.5 Å². The molecule has 0 heterocycles. The third-order valence-electron chi connectivity index (χ3n) is 4.33. The molecule has 0 bridgehead atoms. The fraction of sp³-hybridized carbons (Fsp3) is 0.333. The quantitative estimate of drug-likeness (QED) is 0.508. The standard InChI is InChI=1S/C21H22Cl2F2/c1-12(9-18-19(22)7-6-13(2)20(18)23)8-17-14(3)10-16(11-15(17)4)21(5,24)25/h6-8,10-11H,9H2,1-5H3/b12-8+. The van der Waals surface area contributed by atoms with Gasteiger partial charge in [-0.3, -0.25) is 0 Å². The minimum Gasteiger partial charge on any atom is -0.202 e. The molecule has 2 aromatic carbocycles. The highest BCUT2D eigenvalue weighted by Crippen LogP contribution is 2.33. The lowest BCUT2D eigenvalue weighted by Gasteiger charge is -2.16. The molecule has 2 rings (SSSR count). The molecule has 0 atom stereocenters. The molecule has 0 aliphatic heterocycles. The van der Waals surface area contributed by atoms with Crippen molar-refractivity contribution >= 4 is 29.3 Å². The zero-order valence-electron chi connectivity index (χ0n) is 15.1. The Morgan fingerprint density at radius 1 is 1.04 bits per heavy atom. The van der Waals surface area contributed by atoms with E-state index >= 15 is 0 Å². The molecular weight excluding hydrogens is 361 g/mol. The lowest BCUT2D eigenvalue weighted by atomic mass is 9.94. The smallest absolute Gasteiger partial charge is 0.202 e. The van der Waals surface area contributed by atoms with Crippen LogP contribution < -0.4 is 0 Å². The van der Waals surface area contributed by atoms with Crippen molar-refractivity contribution in [3.8, 4) is 0 Å². The number of hydrogen-bond acceptors (Lipinski definition) is 0. The van der Waals surface area contributed by atoms with Crippen molar-refractivity contribution in [3.63, 3.8) is 0 Å². The van der Waals surface area contributed by atoms with E-state index in [2.05, 4.69) is 0 Å². The van der Waals surface area contributed by atoms with E-state index in [1.165, 1.54) is 0 Å². The number of aryl methyl sites for hydroxylation is 3. The zero-order valence-corrected chi connectivity index (χ0v) is 16.6. The number of alkyl halides is 2. The van der Waals surface area contributed by atoms with Crippen LogP contribution in [0.25, 0.3) is 6.08 Å². The Hall–Kier alpha value is -1.38. The average Bonchev–Trinajstić information content (AvgIpc) is 2.50. The summed E-state index contributed by atoms with van der Waals surface area (Å²) in [5.41, 5.74) is 5.61. The largest absolute Gasteiger partial charge is 0.270 e. The third-order valence-corrected chi connectivity index (χ3v) is 5.21. The van der Waals surface area contributed by atoms with Crippen molar-refractivity contribution in [1.82, 2.24) is 0 Å². The van der Waals surface area contributed by atoms with Gasteiger partial charge in [-0.05, 0) is 80.1 Å². The molecule has 0 aliphatic rings. The Bertz CT molecular complexity index is 808. The fourth-order valence-electron chi connectivity index (χ4n) is 2.91. The van der Waals surface area contributed by atoms with Crippen LogP contribution in [0.15, 0.2) is 29.8 Å². The minimum atomic E-state index is -2.84. The molecule has 0 aliphatic carbocycles. The number of rotatable bonds is 4. The van der Waals surface area contributed by atoms with Gasteiger partial charge in [0.05, 0.1) is 0 Å². The van der Waals surface area contributed by atoms with E-state index in [1.54, 1.807) is 12.1 Å². The summed E-state index contributed by atoms with van der Waals surface area (Å²) in [7, 11) is 0. The number of benzene rings is 2. The Morgan fingerprint density at radius 3 is 2.12 bits per heavy atom. The van der Waals surface area contributed by atoms with Crippen molar-refractivity contribution in [2.75, 3.05) is 0 Å². The number of allylic oxidation sites excluding steroid dienone is 1. The summed E-state index contributed by atoms with van der Waals surface area (Å²) in [5.74, 6) is -2.84. The molecule has 25 heavy (non-hydrogen) atoms. The average molecular weight is 383 g/mol. The molecule has 2 aromatic rings. The molecule has 0 saturated heterocycles. The molecule has 0 spiro atoms. The van der Waals surface area contributed by atoms with Gasteiger partial charge in [0.2, 0.25) is 0 Å². The van der Waals surface area contributed by atoms with Gasteiger partial charge in [-0.25, -0.2) is 8.78 Å². The van der Waals surface area contributed by atoms with E-state index < -0.39 is 5.92 Å². The van der Waals surface area contributed by atoms with E-state index in [0.717, 1.165) is 40.3 Å². The van der Waals surface area contributed by atoms with E-state index in [1.807, 2.05) is 45.9 Å². The maximum absolute atomic E-state index is 13.6. The minimum absolute atomic E-state index is 0.0436. The Labute approximate surface area is 158 Å². The molecule has 0 radical (unpaired) electrons. The van der Waals surface area contributed by atoms with Crippen LogP contribution in [-0.2, 0) is 12.3 Å². The summed E-state index contributed by atoms with van der Waals surface area (Å²) in [4.78, 5) is 0. The van der Waals surface area contributed by atoms with Crippen molar-refractivity contribution < 1.29 is 8.78 Å². The van der Waals surface area contributed by atoms with Crippen molar-refractivity contribution in [1.29, 1.82) is 0 Å². The normalized spacial score (nSPS) is 12.6. The van der Waals surface area contributed by atoms with Gasteiger partial charge in [-0.2, -0.15) is 0 Å².